The van der Waals surface area contributed by atoms with E-state index in [-0.39, 0.29) is 24.8 Å². The highest BCUT2D eigenvalue weighted by Gasteiger charge is 2.28. The Hall–Kier alpha value is -3.22. The summed E-state index contributed by atoms with van der Waals surface area (Å²) in [5, 5.41) is 2.19. The third kappa shape index (κ3) is 4.68. The van der Waals surface area contributed by atoms with Gasteiger partial charge < -0.3 is 43.8 Å². The van der Waals surface area contributed by atoms with Crippen molar-refractivity contribution in [1.82, 2.24) is 0 Å². The molecule has 35 heavy (non-hydrogen) atoms. The Morgan fingerprint density at radius 1 is 0.971 bits per heavy atom. The highest BCUT2D eigenvalue weighted by molar-refractivity contribution is 5.91. The first-order valence-electron chi connectivity index (χ1n) is 11.3. The van der Waals surface area contributed by atoms with Crippen LogP contribution in [0.3, 0.4) is 0 Å². The zero-order valence-electron chi connectivity index (χ0n) is 19.4. The van der Waals surface area contributed by atoms with Crippen LogP contribution in [0, 0.1) is 0 Å². The van der Waals surface area contributed by atoms with E-state index >= 15 is 0 Å². The number of rotatable bonds is 6. The first-order valence-corrected chi connectivity index (χ1v) is 11.3. The minimum absolute atomic E-state index is 0. The van der Waals surface area contributed by atoms with E-state index in [4.69, 9.17) is 18.9 Å². The van der Waals surface area contributed by atoms with Gasteiger partial charge in [-0.1, -0.05) is 6.07 Å². The second-order valence-electron chi connectivity index (χ2n) is 8.38. The predicted octanol–water partition coefficient (Wildman–Crippen LogP) is -2.15. The molecule has 0 atom stereocenters. The predicted molar refractivity (Wildman–Crippen MR) is 123 cm³/mol. The molecule has 0 spiro atoms. The van der Waals surface area contributed by atoms with Gasteiger partial charge in [-0.25, -0.2) is 4.57 Å². The largest absolute Gasteiger partial charge is 1.00 e. The second-order valence-corrected chi connectivity index (χ2v) is 8.38. The number of methoxy groups -OCH3 is 1. The molecule has 8 heteroatoms. The van der Waals surface area contributed by atoms with E-state index in [9.17, 15) is 0 Å². The summed E-state index contributed by atoms with van der Waals surface area (Å²) in [5.74, 6) is 3.23. The molecule has 0 bridgehead atoms. The van der Waals surface area contributed by atoms with Crippen LogP contribution in [0.2, 0.25) is 0 Å². The van der Waals surface area contributed by atoms with E-state index in [0.717, 1.165) is 59.7 Å². The zero-order valence-corrected chi connectivity index (χ0v) is 20.9. The van der Waals surface area contributed by atoms with Crippen LogP contribution < -0.4 is 52.9 Å². The lowest BCUT2D eigenvalue weighted by atomic mass is 9.95. The molecule has 2 aromatic heterocycles. The number of ether oxygens (including phenoxy) is 4. The Bertz CT molecular complexity index is 1350. The maximum absolute atomic E-state index is 6.30. The summed E-state index contributed by atoms with van der Waals surface area (Å²) in [6.07, 6.45) is 8.20. The Balaban J connectivity index is 0.00000144. The lowest BCUT2D eigenvalue weighted by Crippen LogP contribution is -3.00. The molecule has 6 rings (SSSR count). The number of aromatic nitrogens is 2. The average Bonchev–Trinajstić information content (AvgIpc) is 3.32. The second kappa shape index (κ2) is 10.6. The highest BCUT2D eigenvalue weighted by atomic mass is 35.5. The number of fused-ring (bicyclic) bond motifs is 5. The minimum atomic E-state index is 0. The van der Waals surface area contributed by atoms with Crippen LogP contribution >= 0.6 is 0 Å². The molecule has 0 amide bonds. The van der Waals surface area contributed by atoms with E-state index in [1.165, 1.54) is 16.8 Å². The third-order valence-electron chi connectivity index (χ3n) is 6.38. The molecule has 4 heterocycles. The first-order chi connectivity index (χ1) is 16.3. The quantitative estimate of drug-likeness (QED) is 0.218. The summed E-state index contributed by atoms with van der Waals surface area (Å²) in [7, 11) is 1.69. The van der Waals surface area contributed by atoms with Gasteiger partial charge in [0.25, 0.3) is 0 Å². The molecule has 2 aliphatic rings. The molecule has 0 N–H and O–H groups in total. The number of nitrogens with zero attached hydrogens (tertiary/aromatic N) is 2. The number of aryl methyl sites for hydroxylation is 3. The van der Waals surface area contributed by atoms with Crippen molar-refractivity contribution in [3.63, 3.8) is 0 Å². The van der Waals surface area contributed by atoms with Crippen molar-refractivity contribution < 1.29 is 52.9 Å². The molecule has 6 nitrogen and oxygen atoms in total. The van der Waals surface area contributed by atoms with E-state index < -0.39 is 0 Å². The topological polar surface area (TPSA) is 44.7 Å². The molecule has 0 radical (unpaired) electrons. The molecule has 2 aromatic carbocycles. The Morgan fingerprint density at radius 2 is 1.77 bits per heavy atom. The van der Waals surface area contributed by atoms with Crippen LogP contribution in [0.15, 0.2) is 67.1 Å². The van der Waals surface area contributed by atoms with Crippen LogP contribution in [-0.4, -0.2) is 20.5 Å². The number of pyridine rings is 2. The molecule has 0 aliphatic carbocycles. The molecule has 0 saturated heterocycles. The molecular formula is C27H26Cl2N2O4. The fourth-order valence-electron chi connectivity index (χ4n) is 4.71. The van der Waals surface area contributed by atoms with Crippen LogP contribution in [-0.2, 0) is 19.5 Å². The summed E-state index contributed by atoms with van der Waals surface area (Å²) < 4.78 is 27.6. The number of hydrogen-bond donors (Lipinski definition) is 0. The molecule has 0 saturated carbocycles. The van der Waals surface area contributed by atoms with Gasteiger partial charge in [0.05, 0.1) is 24.7 Å². The molecule has 4 aromatic rings. The summed E-state index contributed by atoms with van der Waals surface area (Å²) in [6.45, 7) is 2.72. The maximum Gasteiger partial charge on any atom is 0.231 e. The fraction of sp³-hybridized carbons (Fsp3) is 0.259. The fourth-order valence-corrected chi connectivity index (χ4v) is 4.71. The zero-order chi connectivity index (χ0) is 22.2. The van der Waals surface area contributed by atoms with Gasteiger partial charge in [-0.3, -0.25) is 0 Å². The van der Waals surface area contributed by atoms with Gasteiger partial charge in [-0.15, -0.1) is 0 Å². The van der Waals surface area contributed by atoms with Gasteiger partial charge in [0.1, 0.15) is 0 Å². The Labute approximate surface area is 216 Å². The van der Waals surface area contributed by atoms with Gasteiger partial charge >= 0.3 is 0 Å². The summed E-state index contributed by atoms with van der Waals surface area (Å²) in [6, 6.07) is 16.7. The van der Waals surface area contributed by atoms with Crippen LogP contribution in [0.5, 0.6) is 23.0 Å². The van der Waals surface area contributed by atoms with Gasteiger partial charge in [0.15, 0.2) is 54.7 Å². The lowest BCUT2D eigenvalue weighted by molar-refractivity contribution is -0.697. The maximum atomic E-state index is 6.30. The van der Waals surface area contributed by atoms with Crippen molar-refractivity contribution in [2.24, 2.45) is 0 Å². The van der Waals surface area contributed by atoms with Crippen LogP contribution in [0.25, 0.3) is 22.0 Å². The van der Waals surface area contributed by atoms with Crippen molar-refractivity contribution in [2.45, 2.75) is 25.9 Å². The van der Waals surface area contributed by atoms with Crippen molar-refractivity contribution in [3.8, 4) is 34.3 Å². The van der Waals surface area contributed by atoms with E-state index in [1.807, 2.05) is 24.3 Å². The van der Waals surface area contributed by atoms with Crippen molar-refractivity contribution in [1.29, 1.82) is 0 Å². The Kier molecular flexibility index (Phi) is 7.53. The van der Waals surface area contributed by atoms with Crippen molar-refractivity contribution in [2.75, 3.05) is 20.5 Å². The molecule has 0 unspecified atom stereocenters. The Morgan fingerprint density at radius 3 is 2.57 bits per heavy atom. The molecular weight excluding hydrogens is 487 g/mol. The van der Waals surface area contributed by atoms with E-state index in [1.54, 1.807) is 7.11 Å². The number of hydrogen-bond acceptors (Lipinski definition) is 4. The standard InChI is InChI=1S/C27H26N2O4.2ClH/c1-30-24-7-6-19-14-23-21-16-26-25(32-18-33-26)15-20(21)8-12-29(23)17-22(19)27(24)31-13-5-11-28-9-3-2-4-10-28;;/h2-4,6-7,9-10,14-17H,5,8,11-13,18H2,1H3;2*1H/q+2;;/p-2. The monoisotopic (exact) mass is 512 g/mol. The summed E-state index contributed by atoms with van der Waals surface area (Å²) >= 11 is 0. The van der Waals surface area contributed by atoms with E-state index in [0.29, 0.717) is 13.4 Å². The lowest BCUT2D eigenvalue weighted by Gasteiger charge is -2.18. The van der Waals surface area contributed by atoms with Gasteiger partial charge in [-0.2, -0.15) is 4.57 Å². The number of halogens is 2. The van der Waals surface area contributed by atoms with Crippen LogP contribution in [0.1, 0.15) is 12.0 Å². The minimum Gasteiger partial charge on any atom is -1.00 e. The van der Waals surface area contributed by atoms with Gasteiger partial charge in [0, 0.05) is 31.0 Å². The normalized spacial score (nSPS) is 12.7. The SMILES string of the molecule is COc1ccc2cc3[n+](cc2c1OCCC[n+]1ccccc1)CCc1cc2c(cc1-3)OCO2.[Cl-].[Cl-]. The smallest absolute Gasteiger partial charge is 0.231 e. The first kappa shape index (κ1) is 24.9. The number of benzene rings is 2. The summed E-state index contributed by atoms with van der Waals surface area (Å²) in [5.41, 5.74) is 3.67. The van der Waals surface area contributed by atoms with Crippen LogP contribution in [0.4, 0.5) is 0 Å². The average molecular weight is 513 g/mol. The summed E-state index contributed by atoms with van der Waals surface area (Å²) in [4.78, 5) is 0. The third-order valence-corrected chi connectivity index (χ3v) is 6.38. The molecule has 182 valence electrons. The van der Waals surface area contributed by atoms with Crippen molar-refractivity contribution in [3.05, 3.63) is 72.7 Å². The highest BCUT2D eigenvalue weighted by Crippen LogP contribution is 2.41. The molecule has 0 fully saturated rings. The van der Waals surface area contributed by atoms with Gasteiger partial charge in [-0.05, 0) is 35.2 Å². The van der Waals surface area contributed by atoms with Crippen molar-refractivity contribution >= 4 is 10.8 Å². The molecule has 2 aliphatic heterocycles. The van der Waals surface area contributed by atoms with Gasteiger partial charge in [0.2, 0.25) is 12.5 Å². The van der Waals surface area contributed by atoms with E-state index in [2.05, 4.69) is 52.0 Å².